The smallest absolute Gasteiger partial charge is 0.433 e. The van der Waals surface area contributed by atoms with Crippen LogP contribution in [0.25, 0.3) is 0 Å². The summed E-state index contributed by atoms with van der Waals surface area (Å²) in [5.74, 6) is 2.69. The lowest BCUT2D eigenvalue weighted by atomic mass is 9.92. The van der Waals surface area contributed by atoms with Crippen molar-refractivity contribution < 1.29 is 31.1 Å². The Morgan fingerprint density at radius 1 is 0.571 bits per heavy atom. The minimum absolute atomic E-state index is 0.153. The number of aromatic nitrogens is 8. The largest absolute Gasteiger partial charge is 0.481 e. The van der Waals surface area contributed by atoms with Crippen molar-refractivity contribution in [2.24, 2.45) is 23.7 Å². The average Bonchev–Trinajstić information content (AvgIpc) is 4.09. The molecule has 4 fully saturated rings. The molecule has 6 atom stereocenters. The zero-order valence-corrected chi connectivity index (χ0v) is 38.8. The fourth-order valence-electron chi connectivity index (χ4n) is 11.5. The molecule has 2 aliphatic carbocycles. The van der Waals surface area contributed by atoms with Gasteiger partial charge >= 0.3 is 6.18 Å². The number of ether oxygens (including phenoxy) is 1. The summed E-state index contributed by atoms with van der Waals surface area (Å²) in [5, 5.41) is 16.5. The summed E-state index contributed by atoms with van der Waals surface area (Å²) in [5.41, 5.74) is 2.77. The summed E-state index contributed by atoms with van der Waals surface area (Å²) in [6, 6.07) is 16.4. The first-order valence-corrected chi connectivity index (χ1v) is 24.1. The number of methoxy groups -OCH3 is 1. The minimum Gasteiger partial charge on any atom is -0.481 e. The van der Waals surface area contributed by atoms with E-state index in [0.717, 1.165) is 94.8 Å². The van der Waals surface area contributed by atoms with Gasteiger partial charge in [0.25, 0.3) is 0 Å². The lowest BCUT2D eigenvalue weighted by molar-refractivity contribution is -0.141. The number of pyridine rings is 2. The molecular formula is C49H54F6N14O. The highest BCUT2D eigenvalue weighted by molar-refractivity contribution is 5.61. The van der Waals surface area contributed by atoms with Gasteiger partial charge in [-0.1, -0.05) is 6.07 Å². The van der Waals surface area contributed by atoms with Gasteiger partial charge in [-0.15, -0.1) is 10.2 Å². The summed E-state index contributed by atoms with van der Waals surface area (Å²) < 4.78 is 89.9. The monoisotopic (exact) mass is 968 g/mol. The first-order chi connectivity index (χ1) is 33.8. The Morgan fingerprint density at radius 3 is 1.57 bits per heavy atom. The van der Waals surface area contributed by atoms with E-state index < -0.39 is 23.5 Å². The van der Waals surface area contributed by atoms with Gasteiger partial charge in [-0.2, -0.15) is 23.1 Å². The van der Waals surface area contributed by atoms with Crippen molar-refractivity contribution in [2.45, 2.75) is 76.8 Å². The van der Waals surface area contributed by atoms with E-state index in [-0.39, 0.29) is 23.7 Å². The molecule has 6 aliphatic rings. The van der Waals surface area contributed by atoms with E-state index in [4.69, 9.17) is 19.8 Å². The van der Waals surface area contributed by atoms with Crippen LogP contribution in [0.1, 0.15) is 49.8 Å². The Balaban J connectivity index is 0.000000153. The summed E-state index contributed by atoms with van der Waals surface area (Å²) in [7, 11) is 1.64. The normalized spacial score (nSPS) is 23.7. The van der Waals surface area contributed by atoms with Gasteiger partial charge in [0, 0.05) is 112 Å². The third-order valence-electron chi connectivity index (χ3n) is 14.9. The van der Waals surface area contributed by atoms with E-state index in [9.17, 15) is 26.3 Å². The van der Waals surface area contributed by atoms with Gasteiger partial charge in [-0.25, -0.2) is 27.5 Å². The van der Waals surface area contributed by atoms with Crippen molar-refractivity contribution in [1.82, 2.24) is 39.5 Å². The third kappa shape index (κ3) is 8.98. The summed E-state index contributed by atoms with van der Waals surface area (Å²) in [4.78, 5) is 25.6. The second kappa shape index (κ2) is 18.5. The highest BCUT2D eigenvalue weighted by atomic mass is 19.4. The van der Waals surface area contributed by atoms with Crippen molar-refractivity contribution in [1.29, 1.82) is 0 Å². The van der Waals surface area contributed by atoms with Crippen LogP contribution in [-0.2, 0) is 19.3 Å². The van der Waals surface area contributed by atoms with Gasteiger partial charge in [0.1, 0.15) is 11.5 Å². The number of anilines is 8. The fourth-order valence-corrected chi connectivity index (χ4v) is 11.5. The highest BCUT2D eigenvalue weighted by Crippen LogP contribution is 2.43. The van der Waals surface area contributed by atoms with Crippen LogP contribution < -0.4 is 35.0 Å². The molecule has 8 heterocycles. The molecule has 6 aromatic rings. The van der Waals surface area contributed by atoms with Gasteiger partial charge in [0.05, 0.1) is 7.11 Å². The molecule has 4 bridgehead atoms. The zero-order chi connectivity index (χ0) is 48.3. The zero-order valence-electron chi connectivity index (χ0n) is 38.8. The molecule has 2 saturated heterocycles. The molecule has 2 N–H and O–H groups in total. The average molecular weight is 969 g/mol. The number of nitrogens with one attached hydrogen (secondary N) is 2. The number of alkyl halides is 3. The molecule has 4 aliphatic heterocycles. The Hall–Kier alpha value is -6.80. The van der Waals surface area contributed by atoms with Gasteiger partial charge < -0.3 is 35.0 Å². The number of benzene rings is 2. The van der Waals surface area contributed by atoms with Crippen molar-refractivity contribution in [3.63, 3.8) is 0 Å². The summed E-state index contributed by atoms with van der Waals surface area (Å²) in [6.45, 7) is 7.88. The van der Waals surface area contributed by atoms with Crippen molar-refractivity contribution in [2.75, 3.05) is 76.6 Å². The maximum atomic E-state index is 14.2. The highest BCUT2D eigenvalue weighted by Gasteiger charge is 2.45. The van der Waals surface area contributed by atoms with Crippen LogP contribution in [0.5, 0.6) is 5.88 Å². The number of rotatable bonds is 9. The number of halogens is 6. The number of piperidine rings is 2. The van der Waals surface area contributed by atoms with E-state index in [2.05, 4.69) is 30.6 Å². The SMILES string of the molecule is COc1cc(N2C[C@H]3CC[C@@H](C2)C3Nc2nc3n(n2)CCCN3c2ccc(F)c(F)c2)ccn1.Cc1ccc(N2CCCn3nc(NC4[C@@H]5CC[C@H]4CN(c4ccnc(C(F)(F)F)c4)C5)nc32)cc1F. The number of aryl methyl sites for hydroxylation is 3. The Kier molecular flexibility index (Phi) is 12.1. The lowest BCUT2D eigenvalue weighted by Crippen LogP contribution is -2.48. The molecule has 2 aromatic carbocycles. The van der Waals surface area contributed by atoms with Gasteiger partial charge in [0.2, 0.25) is 29.7 Å². The van der Waals surface area contributed by atoms with Gasteiger partial charge in [0.15, 0.2) is 11.6 Å². The van der Waals surface area contributed by atoms with Crippen LogP contribution >= 0.6 is 0 Å². The van der Waals surface area contributed by atoms with Crippen LogP contribution in [0.3, 0.4) is 0 Å². The number of hydrogen-bond donors (Lipinski definition) is 2. The predicted molar refractivity (Wildman–Crippen MR) is 252 cm³/mol. The summed E-state index contributed by atoms with van der Waals surface area (Å²) in [6.07, 6.45) is 4.61. The maximum absolute atomic E-state index is 14.2. The molecule has 0 amide bonds. The van der Waals surface area contributed by atoms with Gasteiger partial charge in [-0.3, -0.25) is 4.98 Å². The van der Waals surface area contributed by atoms with Crippen LogP contribution in [0.2, 0.25) is 0 Å². The molecule has 368 valence electrons. The van der Waals surface area contributed by atoms with Crippen molar-refractivity contribution >= 4 is 46.5 Å². The van der Waals surface area contributed by atoms with Gasteiger partial charge in [-0.05, 0) is 117 Å². The topological polar surface area (TPSA) is 133 Å². The quantitative estimate of drug-likeness (QED) is 0.134. The number of hydrogen-bond acceptors (Lipinski definition) is 13. The standard InChI is InChI=1S/C25H27F4N7.C24H27F2N7O/c1-15-3-6-19(11-20(15)26)35-9-2-10-36-24(35)32-23(33-36)31-22-16-4-5-17(22)14-34(13-16)18-7-8-30-21(12-18)25(27,28)29;1-34-21-12-17(7-8-27-21)31-13-15-3-4-16(14-31)22(15)28-23-29-24-32(9-2-10-33(24)30-23)18-5-6-19(25)20(26)11-18/h3,6-8,11-12,16-17,22H,2,4-5,9-10,13-14H2,1H3,(H,31,33);5-8,11-12,15-16,22H,2-4,9-10,13-14H2,1H3,(H,28,30)/t16-,17+,22?;15-,16+,22?. The molecule has 21 heteroatoms. The predicted octanol–water partition coefficient (Wildman–Crippen LogP) is 8.84. The minimum atomic E-state index is -4.46. The Bertz CT molecular complexity index is 2830. The van der Waals surface area contributed by atoms with Crippen molar-refractivity contribution in [3.05, 3.63) is 102 Å². The summed E-state index contributed by atoms with van der Waals surface area (Å²) >= 11 is 0. The molecule has 12 rings (SSSR count). The van der Waals surface area contributed by atoms with Crippen LogP contribution in [-0.4, -0.2) is 98.0 Å². The second-order valence-electron chi connectivity index (χ2n) is 19.3. The van der Waals surface area contributed by atoms with E-state index in [1.54, 1.807) is 38.4 Å². The van der Waals surface area contributed by atoms with E-state index in [1.165, 1.54) is 18.3 Å². The first kappa shape index (κ1) is 45.6. The number of nitrogens with zero attached hydrogens (tertiary/aromatic N) is 12. The van der Waals surface area contributed by atoms with Crippen LogP contribution in [0, 0.1) is 48.0 Å². The lowest BCUT2D eigenvalue weighted by Gasteiger charge is -2.39. The maximum Gasteiger partial charge on any atom is 0.433 e. The second-order valence-corrected chi connectivity index (χ2v) is 19.3. The molecule has 0 radical (unpaired) electrons. The molecule has 15 nitrogen and oxygen atoms in total. The molecule has 70 heavy (non-hydrogen) atoms. The molecule has 2 saturated carbocycles. The molecular weight excluding hydrogens is 915 g/mol. The first-order valence-electron chi connectivity index (χ1n) is 24.1. The Labute approximate surface area is 400 Å². The number of fused-ring (bicyclic) bond motifs is 6. The molecule has 0 spiro atoms. The van der Waals surface area contributed by atoms with Crippen LogP contribution in [0.4, 0.5) is 72.9 Å². The van der Waals surface area contributed by atoms with E-state index in [1.807, 2.05) is 42.3 Å². The molecule has 2 unspecified atom stereocenters. The van der Waals surface area contributed by atoms with E-state index in [0.29, 0.717) is 84.1 Å². The Morgan fingerprint density at radius 2 is 1.07 bits per heavy atom. The van der Waals surface area contributed by atoms with Crippen molar-refractivity contribution in [3.8, 4) is 5.88 Å². The third-order valence-corrected chi connectivity index (χ3v) is 14.9. The van der Waals surface area contributed by atoms with E-state index >= 15 is 0 Å². The molecule has 4 aromatic heterocycles. The van der Waals surface area contributed by atoms with Crippen LogP contribution in [0.15, 0.2) is 73.1 Å². The fraction of sp³-hybridized carbons (Fsp3) is 0.469.